The Kier molecular flexibility index (Phi) is 7.39. The van der Waals surface area contributed by atoms with Crippen LogP contribution >= 0.6 is 0 Å². The molecule has 2 saturated heterocycles. The number of nitrogens with zero attached hydrogens (tertiary/aromatic N) is 4. The highest BCUT2D eigenvalue weighted by molar-refractivity contribution is 5.94. The number of likely N-dealkylation sites (tertiary alicyclic amines) is 1. The van der Waals surface area contributed by atoms with Crippen LogP contribution in [-0.2, 0) is 9.53 Å². The molecule has 2 aliphatic rings. The van der Waals surface area contributed by atoms with Crippen molar-refractivity contribution in [2.45, 2.75) is 39.2 Å². The lowest BCUT2D eigenvalue weighted by Crippen LogP contribution is -2.51. The average Bonchev–Trinajstić information content (AvgIpc) is 2.71. The first kappa shape index (κ1) is 20.7. The highest BCUT2D eigenvalue weighted by Crippen LogP contribution is 2.19. The fourth-order valence-electron chi connectivity index (χ4n) is 4.14. The Morgan fingerprint density at radius 3 is 2.79 bits per heavy atom. The molecule has 0 aliphatic carbocycles. The highest BCUT2D eigenvalue weighted by Gasteiger charge is 2.29. The van der Waals surface area contributed by atoms with E-state index in [-0.39, 0.29) is 17.9 Å². The lowest BCUT2D eigenvalue weighted by molar-refractivity contribution is -0.132. The van der Waals surface area contributed by atoms with E-state index in [4.69, 9.17) is 4.74 Å². The van der Waals surface area contributed by atoms with Crippen LogP contribution < -0.4 is 0 Å². The van der Waals surface area contributed by atoms with Crippen LogP contribution in [0.5, 0.6) is 0 Å². The van der Waals surface area contributed by atoms with Gasteiger partial charge in [-0.05, 0) is 38.3 Å². The fraction of sp³-hybridized carbons (Fsp3) is 0.667. The van der Waals surface area contributed by atoms with Gasteiger partial charge in [0.2, 0.25) is 5.91 Å². The van der Waals surface area contributed by atoms with E-state index in [1.165, 1.54) is 0 Å². The molecule has 3 heterocycles. The number of hydrogen-bond acceptors (Lipinski definition) is 5. The van der Waals surface area contributed by atoms with Crippen LogP contribution in [0, 0.1) is 6.92 Å². The van der Waals surface area contributed by atoms with E-state index in [0.29, 0.717) is 12.1 Å². The molecule has 0 N–H and O–H groups in total. The van der Waals surface area contributed by atoms with Crippen LogP contribution in [0.3, 0.4) is 0 Å². The van der Waals surface area contributed by atoms with E-state index < -0.39 is 0 Å². The minimum atomic E-state index is 0.0343. The predicted molar refractivity (Wildman–Crippen MR) is 107 cm³/mol. The predicted octanol–water partition coefficient (Wildman–Crippen LogP) is 1.57. The molecule has 28 heavy (non-hydrogen) atoms. The van der Waals surface area contributed by atoms with E-state index in [1.807, 2.05) is 22.8 Å². The van der Waals surface area contributed by atoms with Crippen LogP contribution in [0.25, 0.3) is 0 Å². The number of ether oxygens (including phenoxy) is 1. The first-order chi connectivity index (χ1) is 13.5. The second-order valence-electron chi connectivity index (χ2n) is 7.75. The van der Waals surface area contributed by atoms with Gasteiger partial charge >= 0.3 is 0 Å². The van der Waals surface area contributed by atoms with Crippen molar-refractivity contribution in [1.29, 1.82) is 0 Å². The van der Waals surface area contributed by atoms with Gasteiger partial charge in [-0.2, -0.15) is 0 Å². The monoisotopic (exact) mass is 388 g/mol. The number of carbonyl (C=O) groups is 2. The second-order valence-corrected chi connectivity index (χ2v) is 7.75. The summed E-state index contributed by atoms with van der Waals surface area (Å²) in [5.41, 5.74) is 1.52. The van der Waals surface area contributed by atoms with Crippen molar-refractivity contribution < 1.29 is 14.3 Å². The summed E-state index contributed by atoms with van der Waals surface area (Å²) >= 11 is 0. The zero-order valence-electron chi connectivity index (χ0n) is 17.1. The summed E-state index contributed by atoms with van der Waals surface area (Å²) in [6.45, 7) is 10.1. The molecule has 0 bridgehead atoms. The smallest absolute Gasteiger partial charge is 0.254 e. The van der Waals surface area contributed by atoms with Crippen molar-refractivity contribution in [2.24, 2.45) is 0 Å². The average molecular weight is 389 g/mol. The van der Waals surface area contributed by atoms with Crippen molar-refractivity contribution in [3.8, 4) is 0 Å². The third kappa shape index (κ3) is 5.52. The van der Waals surface area contributed by atoms with Crippen LogP contribution in [0.2, 0.25) is 0 Å². The fourth-order valence-corrected chi connectivity index (χ4v) is 4.14. The maximum atomic E-state index is 12.9. The highest BCUT2D eigenvalue weighted by atomic mass is 16.5. The SMILES string of the molecule is CC(=O)N(CCCN1CCOCC1)C1CCCN(C(=O)c2ccnc(C)c2)C1. The van der Waals surface area contributed by atoms with Crippen molar-refractivity contribution in [3.63, 3.8) is 0 Å². The standard InChI is InChI=1S/C21H32N4O3/c1-17-15-19(6-7-22-17)21(27)24-9-3-5-20(16-24)25(18(2)26)10-4-8-23-11-13-28-14-12-23/h6-7,15,20H,3-5,8-14,16H2,1-2H3. The molecule has 2 fully saturated rings. The third-order valence-corrected chi connectivity index (χ3v) is 5.65. The first-order valence-electron chi connectivity index (χ1n) is 10.3. The molecule has 1 aromatic heterocycles. The molecule has 2 amide bonds. The topological polar surface area (TPSA) is 66.0 Å². The summed E-state index contributed by atoms with van der Waals surface area (Å²) < 4.78 is 5.39. The van der Waals surface area contributed by atoms with Gasteiger partial charge < -0.3 is 14.5 Å². The molecule has 7 heteroatoms. The van der Waals surface area contributed by atoms with Gasteiger partial charge in [-0.1, -0.05) is 0 Å². The molecule has 1 aromatic rings. The van der Waals surface area contributed by atoms with Crippen LogP contribution in [0.4, 0.5) is 0 Å². The summed E-state index contributed by atoms with van der Waals surface area (Å²) in [6, 6.07) is 3.70. The van der Waals surface area contributed by atoms with Gasteiger partial charge in [0.15, 0.2) is 0 Å². The van der Waals surface area contributed by atoms with Gasteiger partial charge in [0, 0.05) is 69.7 Å². The molecule has 7 nitrogen and oxygen atoms in total. The Morgan fingerprint density at radius 1 is 1.29 bits per heavy atom. The number of aromatic nitrogens is 1. The molecule has 1 atom stereocenters. The van der Waals surface area contributed by atoms with E-state index in [1.54, 1.807) is 19.2 Å². The number of rotatable bonds is 6. The Labute approximate surface area is 167 Å². The first-order valence-corrected chi connectivity index (χ1v) is 10.3. The Hall–Kier alpha value is -1.99. The summed E-state index contributed by atoms with van der Waals surface area (Å²) in [5, 5.41) is 0. The molecule has 0 spiro atoms. The van der Waals surface area contributed by atoms with Gasteiger partial charge in [0.05, 0.1) is 13.2 Å². The summed E-state index contributed by atoms with van der Waals surface area (Å²) in [4.78, 5) is 35.6. The number of hydrogen-bond donors (Lipinski definition) is 0. The number of piperidine rings is 1. The van der Waals surface area contributed by atoms with Gasteiger partial charge in [-0.25, -0.2) is 0 Å². The van der Waals surface area contributed by atoms with E-state index in [0.717, 1.165) is 70.9 Å². The van der Waals surface area contributed by atoms with Crippen molar-refractivity contribution in [3.05, 3.63) is 29.6 Å². The number of amides is 2. The second kappa shape index (κ2) is 9.98. The van der Waals surface area contributed by atoms with Crippen molar-refractivity contribution >= 4 is 11.8 Å². The molecule has 3 rings (SSSR count). The van der Waals surface area contributed by atoms with Crippen molar-refractivity contribution in [2.75, 3.05) is 52.5 Å². The van der Waals surface area contributed by atoms with Crippen LogP contribution in [-0.4, -0.2) is 90.0 Å². The van der Waals surface area contributed by atoms with Gasteiger partial charge in [0.25, 0.3) is 5.91 Å². The lowest BCUT2D eigenvalue weighted by atomic mass is 10.0. The molecular weight excluding hydrogens is 356 g/mol. The van der Waals surface area contributed by atoms with Gasteiger partial charge in [-0.15, -0.1) is 0 Å². The van der Waals surface area contributed by atoms with Crippen LogP contribution in [0.15, 0.2) is 18.3 Å². The third-order valence-electron chi connectivity index (χ3n) is 5.65. The minimum Gasteiger partial charge on any atom is -0.379 e. The Bertz CT molecular complexity index is 675. The van der Waals surface area contributed by atoms with Crippen LogP contribution in [0.1, 0.15) is 42.2 Å². The van der Waals surface area contributed by atoms with Crippen molar-refractivity contribution in [1.82, 2.24) is 19.7 Å². The minimum absolute atomic E-state index is 0.0343. The quantitative estimate of drug-likeness (QED) is 0.740. The Morgan fingerprint density at radius 2 is 2.07 bits per heavy atom. The lowest BCUT2D eigenvalue weighted by Gasteiger charge is -2.39. The van der Waals surface area contributed by atoms with Gasteiger partial charge in [0.1, 0.15) is 0 Å². The summed E-state index contributed by atoms with van der Waals surface area (Å²) in [5.74, 6) is 0.132. The summed E-state index contributed by atoms with van der Waals surface area (Å²) in [6.07, 6.45) is 4.51. The molecular formula is C21H32N4O3. The molecule has 1 unspecified atom stereocenters. The molecule has 0 saturated carbocycles. The number of pyridine rings is 1. The molecule has 2 aliphatic heterocycles. The zero-order valence-corrected chi connectivity index (χ0v) is 17.1. The summed E-state index contributed by atoms with van der Waals surface area (Å²) in [7, 11) is 0. The number of morpholine rings is 1. The number of carbonyl (C=O) groups excluding carboxylic acids is 2. The van der Waals surface area contributed by atoms with E-state index >= 15 is 0 Å². The maximum absolute atomic E-state index is 12.9. The molecule has 154 valence electrons. The normalized spacial score (nSPS) is 20.8. The Balaban J connectivity index is 1.56. The number of aryl methyl sites for hydroxylation is 1. The molecule has 0 aromatic carbocycles. The zero-order chi connectivity index (χ0) is 19.9. The maximum Gasteiger partial charge on any atom is 0.254 e. The van der Waals surface area contributed by atoms with E-state index in [9.17, 15) is 9.59 Å². The largest absolute Gasteiger partial charge is 0.379 e. The molecule has 0 radical (unpaired) electrons. The van der Waals surface area contributed by atoms with E-state index in [2.05, 4.69) is 9.88 Å². The van der Waals surface area contributed by atoms with Gasteiger partial charge in [-0.3, -0.25) is 19.5 Å².